The van der Waals surface area contributed by atoms with E-state index in [-0.39, 0.29) is 12.1 Å². The van der Waals surface area contributed by atoms with Gasteiger partial charge in [-0.3, -0.25) is 4.57 Å². The van der Waals surface area contributed by atoms with Crippen LogP contribution in [0.5, 0.6) is 0 Å². The van der Waals surface area contributed by atoms with Crippen molar-refractivity contribution in [2.75, 3.05) is 4.90 Å². The van der Waals surface area contributed by atoms with Crippen LogP contribution in [0.3, 0.4) is 0 Å². The zero-order valence-electron chi connectivity index (χ0n) is 30.6. The standard InChI is InChI=1S/C51H37N5/c1-4-15-34(16-5-1)36-19-14-20-39(31-36)50-52-49(35-17-6-2-7-18-35)53-51(54-50)56-46-26-13-11-24-42(46)44-33-38(28-30-48(44)56)37-27-29-47-43(32-37)41-23-10-12-25-45(41)55(47)40-21-8-3-9-22-40/h1-31,33,43,49H,32H2,(H,52,53,54). The maximum atomic E-state index is 5.31. The lowest BCUT2D eigenvalue weighted by molar-refractivity contribution is 0.668. The van der Waals surface area contributed by atoms with E-state index in [1.807, 2.05) is 6.07 Å². The second kappa shape index (κ2) is 13.3. The summed E-state index contributed by atoms with van der Waals surface area (Å²) in [5.41, 5.74) is 14.3. The number of hydrogen-bond acceptors (Lipinski definition) is 4. The van der Waals surface area contributed by atoms with Crippen molar-refractivity contribution in [2.24, 2.45) is 9.98 Å². The number of benzene rings is 7. The Morgan fingerprint density at radius 2 is 1.23 bits per heavy atom. The molecule has 2 atom stereocenters. The van der Waals surface area contributed by atoms with E-state index in [4.69, 9.17) is 9.98 Å². The Labute approximate surface area is 325 Å². The van der Waals surface area contributed by atoms with Crippen LogP contribution < -0.4 is 10.2 Å². The minimum absolute atomic E-state index is 0.288. The minimum Gasteiger partial charge on any atom is -0.344 e. The molecule has 0 bridgehead atoms. The van der Waals surface area contributed by atoms with Crippen molar-refractivity contribution in [3.8, 4) is 11.1 Å². The topological polar surface area (TPSA) is 44.9 Å². The van der Waals surface area contributed by atoms with E-state index in [9.17, 15) is 0 Å². The highest BCUT2D eigenvalue weighted by molar-refractivity contribution is 6.17. The summed E-state index contributed by atoms with van der Waals surface area (Å²) < 4.78 is 2.24. The second-order valence-electron chi connectivity index (χ2n) is 14.6. The molecule has 1 N–H and O–H groups in total. The van der Waals surface area contributed by atoms with Crippen LogP contribution in [-0.2, 0) is 0 Å². The van der Waals surface area contributed by atoms with Gasteiger partial charge in [-0.25, -0.2) is 4.99 Å². The number of anilines is 2. The van der Waals surface area contributed by atoms with Crippen molar-refractivity contribution in [3.05, 3.63) is 222 Å². The van der Waals surface area contributed by atoms with Gasteiger partial charge in [0.25, 0.3) is 0 Å². The summed E-state index contributed by atoms with van der Waals surface area (Å²) in [6.45, 7) is 0. The van der Waals surface area contributed by atoms with E-state index in [0.29, 0.717) is 5.96 Å². The van der Waals surface area contributed by atoms with E-state index in [2.05, 4.69) is 203 Å². The monoisotopic (exact) mass is 719 g/mol. The lowest BCUT2D eigenvalue weighted by Gasteiger charge is -2.26. The third-order valence-electron chi connectivity index (χ3n) is 11.4. The Morgan fingerprint density at radius 1 is 0.536 bits per heavy atom. The molecule has 11 rings (SSSR count). The molecule has 2 unspecified atom stereocenters. The number of rotatable bonds is 5. The van der Waals surface area contributed by atoms with Crippen LogP contribution in [-0.4, -0.2) is 16.4 Å². The fraction of sp³-hybridized carbons (Fsp3) is 0.0588. The molecule has 1 aromatic heterocycles. The Bertz CT molecular complexity index is 2920. The van der Waals surface area contributed by atoms with Crippen molar-refractivity contribution in [3.63, 3.8) is 0 Å². The van der Waals surface area contributed by atoms with Gasteiger partial charge in [-0.05, 0) is 88.4 Å². The number of aromatic nitrogens is 1. The highest BCUT2D eigenvalue weighted by Crippen LogP contribution is 2.52. The average Bonchev–Trinajstić information content (AvgIpc) is 3.79. The number of fused-ring (bicyclic) bond motifs is 6. The van der Waals surface area contributed by atoms with Crippen LogP contribution in [0.4, 0.5) is 11.4 Å². The zero-order valence-corrected chi connectivity index (χ0v) is 30.6. The molecule has 0 saturated carbocycles. The number of allylic oxidation sites excluding steroid dienone is 4. The molecule has 0 spiro atoms. The molecule has 3 aliphatic rings. The van der Waals surface area contributed by atoms with E-state index < -0.39 is 0 Å². The van der Waals surface area contributed by atoms with Crippen LogP contribution in [0.1, 0.15) is 40.8 Å². The van der Waals surface area contributed by atoms with Crippen molar-refractivity contribution >= 4 is 50.5 Å². The van der Waals surface area contributed by atoms with Gasteiger partial charge in [-0.15, -0.1) is 0 Å². The predicted molar refractivity (Wildman–Crippen MR) is 231 cm³/mol. The maximum absolute atomic E-state index is 5.31. The molecule has 0 saturated heterocycles. The first-order valence-corrected chi connectivity index (χ1v) is 19.3. The number of nitrogens with zero attached hydrogens (tertiary/aromatic N) is 4. The van der Waals surface area contributed by atoms with Crippen LogP contribution in [0.25, 0.3) is 38.5 Å². The third kappa shape index (κ3) is 5.39. The highest BCUT2D eigenvalue weighted by Gasteiger charge is 2.36. The Morgan fingerprint density at radius 3 is 2.09 bits per heavy atom. The maximum Gasteiger partial charge on any atom is 0.234 e. The fourth-order valence-corrected chi connectivity index (χ4v) is 8.75. The van der Waals surface area contributed by atoms with Gasteiger partial charge < -0.3 is 10.2 Å². The second-order valence-corrected chi connectivity index (χ2v) is 14.6. The van der Waals surface area contributed by atoms with Gasteiger partial charge in [0.15, 0.2) is 0 Å². The SMILES string of the molecule is C1=C(c2ccc3c(c2)c2ccccc2n3C2=NC(c3ccccc3)NC(c3cccc(-c4ccccc4)c3)=N2)CC2C(=C1)N(c1ccccc1)c1ccccc12. The molecular weight excluding hydrogens is 683 g/mol. The Hall–Kier alpha value is -7.24. The molecule has 2 aliphatic heterocycles. The van der Waals surface area contributed by atoms with Gasteiger partial charge in [0, 0.05) is 39.3 Å². The van der Waals surface area contributed by atoms with Gasteiger partial charge in [0.1, 0.15) is 12.0 Å². The van der Waals surface area contributed by atoms with Crippen molar-refractivity contribution in [2.45, 2.75) is 18.5 Å². The molecule has 5 nitrogen and oxygen atoms in total. The normalized spacial score (nSPS) is 17.4. The van der Waals surface area contributed by atoms with Crippen LogP contribution in [0.15, 0.2) is 210 Å². The summed E-state index contributed by atoms with van der Waals surface area (Å²) >= 11 is 0. The third-order valence-corrected chi connectivity index (χ3v) is 11.4. The van der Waals surface area contributed by atoms with Crippen LogP contribution in [0.2, 0.25) is 0 Å². The number of amidine groups is 1. The molecule has 56 heavy (non-hydrogen) atoms. The fourth-order valence-electron chi connectivity index (χ4n) is 8.75. The van der Waals surface area contributed by atoms with Gasteiger partial charge in [0.2, 0.25) is 5.96 Å². The number of nitrogens with one attached hydrogen (secondary N) is 1. The Balaban J connectivity index is 1.03. The molecule has 5 heteroatoms. The first-order valence-electron chi connectivity index (χ1n) is 19.3. The van der Waals surface area contributed by atoms with Crippen LogP contribution in [0, 0.1) is 0 Å². The molecule has 0 fully saturated rings. The molecular formula is C51H37N5. The Kier molecular flexibility index (Phi) is 7.62. The summed E-state index contributed by atoms with van der Waals surface area (Å²) in [5, 5.41) is 6.04. The quantitative estimate of drug-likeness (QED) is 0.192. The van der Waals surface area contributed by atoms with Crippen molar-refractivity contribution < 1.29 is 0 Å². The minimum atomic E-state index is -0.312. The first kappa shape index (κ1) is 32.2. The number of para-hydroxylation sites is 3. The van der Waals surface area contributed by atoms with E-state index in [1.54, 1.807) is 0 Å². The van der Waals surface area contributed by atoms with Crippen molar-refractivity contribution in [1.82, 2.24) is 9.88 Å². The largest absolute Gasteiger partial charge is 0.344 e. The zero-order chi connectivity index (χ0) is 37.0. The first-order chi connectivity index (χ1) is 27.8. The summed E-state index contributed by atoms with van der Waals surface area (Å²) in [4.78, 5) is 13.0. The number of aliphatic imine (C=N–C) groups is 2. The van der Waals surface area contributed by atoms with Crippen molar-refractivity contribution in [1.29, 1.82) is 0 Å². The lowest BCUT2D eigenvalue weighted by Crippen LogP contribution is -2.35. The molecule has 0 radical (unpaired) electrons. The smallest absolute Gasteiger partial charge is 0.234 e. The van der Waals surface area contributed by atoms with Gasteiger partial charge in [-0.2, -0.15) is 4.99 Å². The average molecular weight is 720 g/mol. The van der Waals surface area contributed by atoms with Gasteiger partial charge in [0.05, 0.1) is 11.0 Å². The lowest BCUT2D eigenvalue weighted by atomic mass is 9.84. The molecule has 7 aromatic carbocycles. The van der Waals surface area contributed by atoms with E-state index >= 15 is 0 Å². The van der Waals surface area contributed by atoms with Gasteiger partial charge in [-0.1, -0.05) is 146 Å². The summed E-state index contributed by atoms with van der Waals surface area (Å²) in [6.07, 6.45) is 5.28. The molecule has 3 heterocycles. The molecule has 0 amide bonds. The van der Waals surface area contributed by atoms with E-state index in [0.717, 1.165) is 40.0 Å². The highest BCUT2D eigenvalue weighted by atomic mass is 15.3. The number of hydrogen-bond donors (Lipinski definition) is 1. The molecule has 266 valence electrons. The summed E-state index contributed by atoms with van der Waals surface area (Å²) in [5.74, 6) is 1.74. The van der Waals surface area contributed by atoms with Gasteiger partial charge >= 0.3 is 0 Å². The molecule has 1 aliphatic carbocycles. The summed E-state index contributed by atoms with van der Waals surface area (Å²) in [6, 6.07) is 64.7. The van der Waals surface area contributed by atoms with Crippen LogP contribution >= 0.6 is 0 Å². The van der Waals surface area contributed by atoms with E-state index in [1.165, 1.54) is 50.1 Å². The predicted octanol–water partition coefficient (Wildman–Crippen LogP) is 12.0. The summed E-state index contributed by atoms with van der Waals surface area (Å²) in [7, 11) is 0. The molecule has 8 aromatic rings.